The van der Waals surface area contributed by atoms with E-state index in [4.69, 9.17) is 0 Å². The van der Waals surface area contributed by atoms with E-state index in [2.05, 4.69) is 37.5 Å². The molecule has 0 atom stereocenters. The minimum absolute atomic E-state index is 0.0815. The maximum atomic E-state index is 11.6. The van der Waals surface area contributed by atoms with Crippen LogP contribution in [0, 0.1) is 6.92 Å². The topological polar surface area (TPSA) is 41.1 Å². The van der Waals surface area contributed by atoms with Crippen LogP contribution >= 0.6 is 0 Å². The summed E-state index contributed by atoms with van der Waals surface area (Å²) < 4.78 is 0. The highest BCUT2D eigenvalue weighted by Crippen LogP contribution is 2.06. The minimum Gasteiger partial charge on any atom is -0.335 e. The molecule has 0 spiro atoms. The molecule has 17 heavy (non-hydrogen) atoms. The van der Waals surface area contributed by atoms with E-state index in [0.29, 0.717) is 6.54 Å². The summed E-state index contributed by atoms with van der Waals surface area (Å²) in [6.45, 7) is 6.79. The predicted molar refractivity (Wildman–Crippen MR) is 70.9 cm³/mol. The minimum atomic E-state index is -0.0815. The van der Waals surface area contributed by atoms with Crippen LogP contribution in [-0.4, -0.2) is 12.1 Å². The molecule has 0 saturated carbocycles. The van der Waals surface area contributed by atoms with E-state index in [1.54, 1.807) is 0 Å². The highest BCUT2D eigenvalue weighted by molar-refractivity contribution is 5.74. The van der Waals surface area contributed by atoms with Crippen molar-refractivity contribution >= 4 is 6.03 Å². The van der Waals surface area contributed by atoms with Crippen LogP contribution in [0.2, 0.25) is 0 Å². The Morgan fingerprint density at radius 1 is 1.24 bits per heavy atom. The van der Waals surface area contributed by atoms with E-state index in [1.165, 1.54) is 5.56 Å². The molecule has 2 N–H and O–H groups in total. The van der Waals surface area contributed by atoms with Crippen molar-refractivity contribution in [3.8, 4) is 0 Å². The molecule has 3 nitrogen and oxygen atoms in total. The summed E-state index contributed by atoms with van der Waals surface area (Å²) in [6.07, 6.45) is 1.93. The number of nitrogens with one attached hydrogen (secondary N) is 2. The average Bonchev–Trinajstić information content (AvgIpc) is 2.35. The number of amides is 2. The van der Waals surface area contributed by atoms with Crippen LogP contribution in [0.3, 0.4) is 0 Å². The number of urea groups is 1. The molecule has 0 fully saturated rings. The van der Waals surface area contributed by atoms with Gasteiger partial charge in [0.1, 0.15) is 0 Å². The fourth-order valence-electron chi connectivity index (χ4n) is 1.71. The summed E-state index contributed by atoms with van der Waals surface area (Å²) >= 11 is 0. The molecule has 1 rings (SSSR count). The van der Waals surface area contributed by atoms with Gasteiger partial charge in [-0.15, -0.1) is 0 Å². The van der Waals surface area contributed by atoms with Gasteiger partial charge in [-0.25, -0.2) is 4.79 Å². The first-order valence-electron chi connectivity index (χ1n) is 6.26. The molecule has 0 unspecified atom stereocenters. The fourth-order valence-corrected chi connectivity index (χ4v) is 1.71. The Labute approximate surface area is 104 Å². The number of hydrogen-bond donors (Lipinski definition) is 2. The molecule has 0 saturated heterocycles. The molecule has 0 aliphatic rings. The van der Waals surface area contributed by atoms with Crippen molar-refractivity contribution in [1.29, 1.82) is 0 Å². The van der Waals surface area contributed by atoms with Gasteiger partial charge in [-0.2, -0.15) is 0 Å². The second-order valence-corrected chi connectivity index (χ2v) is 4.27. The van der Waals surface area contributed by atoms with Gasteiger partial charge in [0.05, 0.1) is 0 Å². The van der Waals surface area contributed by atoms with E-state index >= 15 is 0 Å². The third-order valence-electron chi connectivity index (χ3n) is 3.02. The number of carbonyl (C=O) groups excluding carboxylic acids is 1. The lowest BCUT2D eigenvalue weighted by molar-refractivity contribution is 0.235. The maximum Gasteiger partial charge on any atom is 0.315 e. The van der Waals surface area contributed by atoms with E-state index in [9.17, 15) is 4.79 Å². The Balaban J connectivity index is 2.41. The zero-order chi connectivity index (χ0) is 12.7. The summed E-state index contributed by atoms with van der Waals surface area (Å²) in [5.41, 5.74) is 2.36. The van der Waals surface area contributed by atoms with Crippen molar-refractivity contribution < 1.29 is 4.79 Å². The molecule has 94 valence electrons. The Morgan fingerprint density at radius 3 is 2.47 bits per heavy atom. The summed E-state index contributed by atoms with van der Waals surface area (Å²) in [6, 6.07) is 8.27. The standard InChI is InChI=1S/C14H22N2O/c1-4-13(5-2)16-14(17)15-10-12-9-7-6-8-11(12)3/h6-9,13H,4-5,10H2,1-3H3,(H2,15,16,17). The number of carbonyl (C=O) groups is 1. The molecule has 0 bridgehead atoms. The van der Waals surface area contributed by atoms with Gasteiger partial charge < -0.3 is 10.6 Å². The van der Waals surface area contributed by atoms with Crippen molar-refractivity contribution in [3.63, 3.8) is 0 Å². The van der Waals surface area contributed by atoms with E-state index in [1.807, 2.05) is 18.2 Å². The summed E-state index contributed by atoms with van der Waals surface area (Å²) in [7, 11) is 0. The molecule has 0 aromatic heterocycles. The molecule has 0 heterocycles. The predicted octanol–water partition coefficient (Wildman–Crippen LogP) is 2.98. The van der Waals surface area contributed by atoms with Crippen molar-refractivity contribution in [2.24, 2.45) is 0 Å². The Kier molecular flexibility index (Phi) is 5.53. The summed E-state index contributed by atoms with van der Waals surface area (Å²) in [5, 5.41) is 5.84. The van der Waals surface area contributed by atoms with Crippen LogP contribution in [0.1, 0.15) is 37.8 Å². The van der Waals surface area contributed by atoms with Crippen LogP contribution in [0.15, 0.2) is 24.3 Å². The zero-order valence-corrected chi connectivity index (χ0v) is 10.9. The Morgan fingerprint density at radius 2 is 1.88 bits per heavy atom. The average molecular weight is 234 g/mol. The third kappa shape index (κ3) is 4.47. The summed E-state index contributed by atoms with van der Waals surface area (Å²) in [4.78, 5) is 11.6. The van der Waals surface area contributed by atoms with Crippen LogP contribution in [0.25, 0.3) is 0 Å². The van der Waals surface area contributed by atoms with Gasteiger partial charge >= 0.3 is 6.03 Å². The Bertz CT molecular complexity index is 359. The molecular weight excluding hydrogens is 212 g/mol. The number of benzene rings is 1. The number of aryl methyl sites for hydroxylation is 1. The third-order valence-corrected chi connectivity index (χ3v) is 3.02. The normalized spacial score (nSPS) is 10.4. The van der Waals surface area contributed by atoms with E-state index < -0.39 is 0 Å². The quantitative estimate of drug-likeness (QED) is 0.808. The van der Waals surface area contributed by atoms with Crippen LogP contribution in [-0.2, 0) is 6.54 Å². The van der Waals surface area contributed by atoms with Crippen LogP contribution in [0.4, 0.5) is 4.79 Å². The second-order valence-electron chi connectivity index (χ2n) is 4.27. The van der Waals surface area contributed by atoms with Gasteiger partial charge in [-0.1, -0.05) is 38.1 Å². The molecule has 0 aliphatic heterocycles. The highest BCUT2D eigenvalue weighted by Gasteiger charge is 2.07. The number of rotatable bonds is 5. The highest BCUT2D eigenvalue weighted by atomic mass is 16.2. The SMILES string of the molecule is CCC(CC)NC(=O)NCc1ccccc1C. The largest absolute Gasteiger partial charge is 0.335 e. The van der Waals surface area contributed by atoms with Gasteiger partial charge in [0.25, 0.3) is 0 Å². The monoisotopic (exact) mass is 234 g/mol. The van der Waals surface area contributed by atoms with Gasteiger partial charge in [0.2, 0.25) is 0 Å². The molecule has 1 aromatic rings. The molecule has 3 heteroatoms. The number of hydrogen-bond acceptors (Lipinski definition) is 1. The van der Waals surface area contributed by atoms with Gasteiger partial charge in [0, 0.05) is 12.6 Å². The van der Waals surface area contributed by atoms with E-state index in [0.717, 1.165) is 18.4 Å². The Hall–Kier alpha value is -1.51. The maximum absolute atomic E-state index is 11.6. The lowest BCUT2D eigenvalue weighted by atomic mass is 10.1. The molecular formula is C14H22N2O. The van der Waals surface area contributed by atoms with Crippen LogP contribution < -0.4 is 10.6 Å². The fraction of sp³-hybridized carbons (Fsp3) is 0.500. The lowest BCUT2D eigenvalue weighted by Crippen LogP contribution is -2.41. The first kappa shape index (κ1) is 13.6. The van der Waals surface area contributed by atoms with Gasteiger partial charge in [-0.05, 0) is 30.9 Å². The smallest absolute Gasteiger partial charge is 0.315 e. The van der Waals surface area contributed by atoms with Crippen molar-refractivity contribution in [1.82, 2.24) is 10.6 Å². The second kappa shape index (κ2) is 6.94. The lowest BCUT2D eigenvalue weighted by Gasteiger charge is -2.15. The van der Waals surface area contributed by atoms with Gasteiger partial charge in [-0.3, -0.25) is 0 Å². The van der Waals surface area contributed by atoms with Crippen molar-refractivity contribution in [2.45, 2.75) is 46.2 Å². The van der Waals surface area contributed by atoms with Crippen molar-refractivity contribution in [3.05, 3.63) is 35.4 Å². The van der Waals surface area contributed by atoms with Crippen LogP contribution in [0.5, 0.6) is 0 Å². The molecule has 0 radical (unpaired) electrons. The van der Waals surface area contributed by atoms with E-state index in [-0.39, 0.29) is 12.1 Å². The van der Waals surface area contributed by atoms with Crippen molar-refractivity contribution in [2.75, 3.05) is 0 Å². The summed E-state index contributed by atoms with van der Waals surface area (Å²) in [5.74, 6) is 0. The first-order valence-corrected chi connectivity index (χ1v) is 6.26. The molecule has 1 aromatic carbocycles. The zero-order valence-electron chi connectivity index (χ0n) is 10.9. The molecule has 0 aliphatic carbocycles. The first-order chi connectivity index (χ1) is 8.17. The van der Waals surface area contributed by atoms with Gasteiger partial charge in [0.15, 0.2) is 0 Å². The molecule has 2 amide bonds.